The molecule has 1 fully saturated rings. The van der Waals surface area contributed by atoms with Crippen LogP contribution in [0.1, 0.15) is 86.0 Å². The standard InChI is InChI=1S/C27H46O5/c1-6-7-17-27(4,5)25(29)15-14-21-22(12-10-8-9-11-13-26(30)31)24(19-23(21)28)32-18-16-20(2)3/h8-9,14-16,21-25,28-29H,6-7,10-13,17-19H2,1-5H3,(H,30,31)/b9-8-,15-14+/t21-,22-,23-,24-,25?/m1/s1. The molecule has 0 saturated heterocycles. The van der Waals surface area contributed by atoms with E-state index in [9.17, 15) is 15.0 Å². The van der Waals surface area contributed by atoms with Crippen molar-refractivity contribution in [2.24, 2.45) is 17.3 Å². The molecule has 5 nitrogen and oxygen atoms in total. The molecule has 1 rings (SSSR count). The fourth-order valence-electron chi connectivity index (χ4n) is 4.29. The quantitative estimate of drug-likeness (QED) is 0.280. The first kappa shape index (κ1) is 28.6. The highest BCUT2D eigenvalue weighted by atomic mass is 16.5. The zero-order chi connectivity index (χ0) is 24.1. The summed E-state index contributed by atoms with van der Waals surface area (Å²) in [5.74, 6) is -0.690. The minimum Gasteiger partial charge on any atom is -0.481 e. The molecular weight excluding hydrogens is 404 g/mol. The van der Waals surface area contributed by atoms with Gasteiger partial charge in [0.25, 0.3) is 0 Å². The van der Waals surface area contributed by atoms with E-state index in [0.29, 0.717) is 19.4 Å². The third-order valence-corrected chi connectivity index (χ3v) is 6.54. The Labute approximate surface area is 195 Å². The highest BCUT2D eigenvalue weighted by Gasteiger charge is 2.41. The number of hydrogen-bond donors (Lipinski definition) is 3. The lowest BCUT2D eigenvalue weighted by molar-refractivity contribution is -0.136. The number of carboxylic acid groups (broad SMARTS) is 1. The molecule has 1 saturated carbocycles. The molecule has 5 atom stereocenters. The topological polar surface area (TPSA) is 87.0 Å². The van der Waals surface area contributed by atoms with E-state index < -0.39 is 18.2 Å². The van der Waals surface area contributed by atoms with E-state index in [1.165, 1.54) is 5.57 Å². The zero-order valence-corrected chi connectivity index (χ0v) is 20.8. The van der Waals surface area contributed by atoms with Crippen molar-refractivity contribution in [3.63, 3.8) is 0 Å². The van der Waals surface area contributed by atoms with E-state index in [1.807, 2.05) is 38.2 Å². The summed E-state index contributed by atoms with van der Waals surface area (Å²) in [6.45, 7) is 11.0. The van der Waals surface area contributed by atoms with Crippen LogP contribution in [0.2, 0.25) is 0 Å². The van der Waals surface area contributed by atoms with Gasteiger partial charge in [-0.15, -0.1) is 0 Å². The van der Waals surface area contributed by atoms with Crippen LogP contribution in [0.25, 0.3) is 0 Å². The summed E-state index contributed by atoms with van der Waals surface area (Å²) >= 11 is 0. The molecule has 0 aliphatic heterocycles. The maximum absolute atomic E-state index is 10.8. The van der Waals surface area contributed by atoms with Gasteiger partial charge in [-0.2, -0.15) is 0 Å². The second-order valence-electron chi connectivity index (χ2n) is 10.1. The average Bonchev–Trinajstić information content (AvgIpc) is 3.01. The molecule has 0 aromatic rings. The molecule has 1 aliphatic rings. The van der Waals surface area contributed by atoms with E-state index in [-0.39, 0.29) is 29.8 Å². The molecule has 1 unspecified atom stereocenters. The minimum absolute atomic E-state index is 0.0343. The van der Waals surface area contributed by atoms with Crippen LogP contribution in [-0.4, -0.2) is 46.2 Å². The summed E-state index contributed by atoms with van der Waals surface area (Å²) < 4.78 is 6.13. The maximum atomic E-state index is 10.8. The van der Waals surface area contributed by atoms with Gasteiger partial charge in [0.05, 0.1) is 24.9 Å². The van der Waals surface area contributed by atoms with Gasteiger partial charge in [-0.1, -0.05) is 69.6 Å². The normalized spacial score (nSPS) is 25.0. The third kappa shape index (κ3) is 10.5. The lowest BCUT2D eigenvalue weighted by Crippen LogP contribution is -2.28. The molecule has 0 heterocycles. The Morgan fingerprint density at radius 3 is 2.53 bits per heavy atom. The summed E-state index contributed by atoms with van der Waals surface area (Å²) in [6.07, 6.45) is 14.9. The number of aliphatic hydroxyl groups excluding tert-OH is 2. The van der Waals surface area contributed by atoms with Gasteiger partial charge in [0, 0.05) is 18.8 Å². The molecule has 32 heavy (non-hydrogen) atoms. The summed E-state index contributed by atoms with van der Waals surface area (Å²) in [5, 5.41) is 30.3. The summed E-state index contributed by atoms with van der Waals surface area (Å²) in [7, 11) is 0. The Kier molecular flexibility index (Phi) is 13.1. The van der Waals surface area contributed by atoms with Crippen LogP contribution in [0.5, 0.6) is 0 Å². The van der Waals surface area contributed by atoms with Crippen LogP contribution in [0.15, 0.2) is 36.0 Å². The molecule has 3 N–H and O–H groups in total. The highest BCUT2D eigenvalue weighted by molar-refractivity contribution is 5.66. The Hall–Kier alpha value is -1.43. The number of ether oxygens (including phenoxy) is 1. The summed E-state index contributed by atoms with van der Waals surface area (Å²) in [4.78, 5) is 10.7. The van der Waals surface area contributed by atoms with Crippen LogP contribution in [0.3, 0.4) is 0 Å². The van der Waals surface area contributed by atoms with Gasteiger partial charge in [-0.3, -0.25) is 4.79 Å². The number of aliphatic carboxylic acids is 1. The van der Waals surface area contributed by atoms with E-state index in [2.05, 4.69) is 26.8 Å². The second kappa shape index (κ2) is 14.7. The van der Waals surface area contributed by atoms with E-state index >= 15 is 0 Å². The number of hydrogen-bond acceptors (Lipinski definition) is 4. The number of allylic oxidation sites excluding steroid dienone is 3. The Morgan fingerprint density at radius 1 is 1.22 bits per heavy atom. The lowest BCUT2D eigenvalue weighted by Gasteiger charge is -2.29. The van der Waals surface area contributed by atoms with Crippen LogP contribution < -0.4 is 0 Å². The first-order valence-corrected chi connectivity index (χ1v) is 12.2. The van der Waals surface area contributed by atoms with Gasteiger partial charge in [-0.25, -0.2) is 0 Å². The van der Waals surface area contributed by atoms with Crippen molar-refractivity contribution in [1.29, 1.82) is 0 Å². The van der Waals surface area contributed by atoms with E-state index in [0.717, 1.165) is 32.1 Å². The fraction of sp³-hybridized carbons (Fsp3) is 0.741. The number of carboxylic acids is 1. The van der Waals surface area contributed by atoms with Crippen molar-refractivity contribution in [3.8, 4) is 0 Å². The molecule has 0 bridgehead atoms. The fourth-order valence-corrected chi connectivity index (χ4v) is 4.29. The van der Waals surface area contributed by atoms with Crippen LogP contribution in [0, 0.1) is 17.3 Å². The molecule has 0 radical (unpaired) electrons. The van der Waals surface area contributed by atoms with Crippen molar-refractivity contribution in [2.45, 2.75) is 104 Å². The predicted molar refractivity (Wildman–Crippen MR) is 130 cm³/mol. The number of unbranched alkanes of at least 4 members (excludes halogenated alkanes) is 1. The van der Waals surface area contributed by atoms with Gasteiger partial charge in [0.2, 0.25) is 0 Å². The van der Waals surface area contributed by atoms with Crippen LogP contribution >= 0.6 is 0 Å². The van der Waals surface area contributed by atoms with E-state index in [1.54, 1.807) is 0 Å². The van der Waals surface area contributed by atoms with Gasteiger partial charge < -0.3 is 20.1 Å². The molecule has 5 heteroatoms. The molecule has 0 spiro atoms. The second-order valence-corrected chi connectivity index (χ2v) is 10.1. The zero-order valence-electron chi connectivity index (χ0n) is 20.8. The van der Waals surface area contributed by atoms with Crippen molar-refractivity contribution in [2.75, 3.05) is 6.61 Å². The molecule has 1 aliphatic carbocycles. The Morgan fingerprint density at radius 2 is 1.91 bits per heavy atom. The molecule has 0 aromatic carbocycles. The first-order chi connectivity index (χ1) is 15.1. The van der Waals surface area contributed by atoms with Crippen LogP contribution in [0.4, 0.5) is 0 Å². The monoisotopic (exact) mass is 450 g/mol. The smallest absolute Gasteiger partial charge is 0.303 e. The average molecular weight is 451 g/mol. The summed E-state index contributed by atoms with van der Waals surface area (Å²) in [5.41, 5.74) is 1.01. The number of aliphatic hydroxyl groups is 2. The van der Waals surface area contributed by atoms with Gasteiger partial charge >= 0.3 is 5.97 Å². The SMILES string of the molecule is CCCCC(C)(C)C(O)/C=C/[C@@H]1[C@@H](CC/C=C\CCC(=O)O)[C@H](OCC=C(C)C)C[C@H]1O. The maximum Gasteiger partial charge on any atom is 0.303 e. The first-order valence-electron chi connectivity index (χ1n) is 12.2. The summed E-state index contributed by atoms with van der Waals surface area (Å²) in [6, 6.07) is 0. The lowest BCUT2D eigenvalue weighted by atomic mass is 9.80. The number of rotatable bonds is 15. The third-order valence-electron chi connectivity index (χ3n) is 6.54. The van der Waals surface area contributed by atoms with Crippen molar-refractivity contribution >= 4 is 5.97 Å². The highest BCUT2D eigenvalue weighted by Crippen LogP contribution is 2.39. The van der Waals surface area contributed by atoms with Gasteiger partial charge in [0.1, 0.15) is 0 Å². The number of carbonyl (C=O) groups is 1. The van der Waals surface area contributed by atoms with Gasteiger partial charge in [-0.05, 0) is 50.9 Å². The predicted octanol–water partition coefficient (Wildman–Crippen LogP) is 5.67. The largest absolute Gasteiger partial charge is 0.481 e. The minimum atomic E-state index is -0.785. The molecule has 0 amide bonds. The van der Waals surface area contributed by atoms with Crippen molar-refractivity contribution in [3.05, 3.63) is 36.0 Å². The van der Waals surface area contributed by atoms with E-state index in [4.69, 9.17) is 9.84 Å². The molecule has 184 valence electrons. The Bertz CT molecular complexity index is 630. The molecule has 0 aromatic heterocycles. The van der Waals surface area contributed by atoms with Crippen LogP contribution in [-0.2, 0) is 9.53 Å². The molecular formula is C27H46O5. The Balaban J connectivity index is 2.84. The van der Waals surface area contributed by atoms with Gasteiger partial charge in [0.15, 0.2) is 0 Å². The van der Waals surface area contributed by atoms with Crippen molar-refractivity contribution in [1.82, 2.24) is 0 Å². The van der Waals surface area contributed by atoms with Crippen molar-refractivity contribution < 1.29 is 24.9 Å².